The summed E-state index contributed by atoms with van der Waals surface area (Å²) in [6, 6.07) is 18.9. The normalized spacial score (nSPS) is 18.3. The standard InChI is InChI=1S/C28H33N5O2/c1-18(2)35-26-12-10-21(16-31-26)27(30)23-15-20(9-11-24(23)29)28(34)32-25-17-33(3)14-13-22(25)19-7-5-4-6-8-19/h4-12,15-16,18,22,25,30H,13-14,17,29H2,1-3H3,(H,32,34)/t22-,25+/m0/s1. The summed E-state index contributed by atoms with van der Waals surface area (Å²) in [5.74, 6) is 0.586. The zero-order chi connectivity index (χ0) is 24.9. The first-order chi connectivity index (χ1) is 16.8. The first-order valence-corrected chi connectivity index (χ1v) is 12.0. The van der Waals surface area contributed by atoms with Gasteiger partial charge in [0.1, 0.15) is 0 Å². The Morgan fingerprint density at radius 1 is 1.14 bits per heavy atom. The minimum Gasteiger partial charge on any atom is -0.475 e. The third-order valence-corrected chi connectivity index (χ3v) is 6.33. The average molecular weight is 472 g/mol. The Morgan fingerprint density at radius 3 is 2.57 bits per heavy atom. The lowest BCUT2D eigenvalue weighted by Crippen LogP contribution is -2.50. The zero-order valence-corrected chi connectivity index (χ0v) is 20.5. The molecule has 0 unspecified atom stereocenters. The third kappa shape index (κ3) is 5.87. The summed E-state index contributed by atoms with van der Waals surface area (Å²) in [6.07, 6.45) is 2.59. The van der Waals surface area contributed by atoms with E-state index in [-0.39, 0.29) is 29.7 Å². The summed E-state index contributed by atoms with van der Waals surface area (Å²) in [4.78, 5) is 19.8. The molecule has 2 heterocycles. The van der Waals surface area contributed by atoms with Gasteiger partial charge in [-0.25, -0.2) is 4.98 Å². The van der Waals surface area contributed by atoms with E-state index in [0.29, 0.717) is 28.3 Å². The van der Waals surface area contributed by atoms with Crippen LogP contribution in [0.2, 0.25) is 0 Å². The molecule has 7 nitrogen and oxygen atoms in total. The first kappa shape index (κ1) is 24.4. The van der Waals surface area contributed by atoms with E-state index >= 15 is 0 Å². The SMILES string of the molecule is CC(C)Oc1ccc(C(=N)c2cc(C(=O)N[C@@H]3CN(C)CC[C@H]3c3ccccc3)ccc2N)cn1. The number of hydrogen-bond acceptors (Lipinski definition) is 6. The smallest absolute Gasteiger partial charge is 0.251 e. The molecule has 2 atom stereocenters. The Balaban J connectivity index is 1.53. The molecule has 7 heteroatoms. The highest BCUT2D eigenvalue weighted by atomic mass is 16.5. The van der Waals surface area contributed by atoms with Gasteiger partial charge in [-0.15, -0.1) is 0 Å². The number of hydrogen-bond donors (Lipinski definition) is 3. The summed E-state index contributed by atoms with van der Waals surface area (Å²) in [6.45, 7) is 5.63. The van der Waals surface area contributed by atoms with Gasteiger partial charge in [0.05, 0.1) is 11.8 Å². The fourth-order valence-electron chi connectivity index (χ4n) is 4.52. The summed E-state index contributed by atoms with van der Waals surface area (Å²) >= 11 is 0. The second-order valence-electron chi connectivity index (χ2n) is 9.38. The summed E-state index contributed by atoms with van der Waals surface area (Å²) in [5.41, 5.74) is 9.66. The number of piperidine rings is 1. The Labute approximate surface area is 206 Å². The van der Waals surface area contributed by atoms with Gasteiger partial charge in [-0.1, -0.05) is 30.3 Å². The van der Waals surface area contributed by atoms with Crippen molar-refractivity contribution in [2.75, 3.05) is 25.9 Å². The van der Waals surface area contributed by atoms with Gasteiger partial charge in [-0.05, 0) is 63.7 Å². The Kier molecular flexibility index (Phi) is 7.46. The van der Waals surface area contributed by atoms with E-state index < -0.39 is 0 Å². The largest absolute Gasteiger partial charge is 0.475 e. The van der Waals surface area contributed by atoms with Crippen LogP contribution in [0.1, 0.15) is 53.2 Å². The van der Waals surface area contributed by atoms with Crippen LogP contribution in [-0.2, 0) is 0 Å². The van der Waals surface area contributed by atoms with E-state index in [9.17, 15) is 4.79 Å². The number of nitrogens with zero attached hydrogens (tertiary/aromatic N) is 2. The van der Waals surface area contributed by atoms with Crippen LogP contribution in [0.15, 0.2) is 66.9 Å². The molecule has 4 rings (SSSR count). The molecule has 1 aromatic heterocycles. The molecule has 1 fully saturated rings. The van der Waals surface area contributed by atoms with Gasteiger partial charge in [-0.3, -0.25) is 10.2 Å². The molecule has 2 aromatic carbocycles. The van der Waals surface area contributed by atoms with Crippen LogP contribution >= 0.6 is 0 Å². The van der Waals surface area contributed by atoms with E-state index in [0.717, 1.165) is 19.5 Å². The number of amides is 1. The predicted molar refractivity (Wildman–Crippen MR) is 139 cm³/mol. The number of carbonyl (C=O) groups excluding carboxylic acids is 1. The van der Waals surface area contributed by atoms with Crippen molar-refractivity contribution in [1.29, 1.82) is 5.41 Å². The van der Waals surface area contributed by atoms with Gasteiger partial charge in [-0.2, -0.15) is 0 Å². The number of anilines is 1. The lowest BCUT2D eigenvalue weighted by Gasteiger charge is -2.37. The molecule has 35 heavy (non-hydrogen) atoms. The molecule has 3 aromatic rings. The van der Waals surface area contributed by atoms with Gasteiger partial charge in [0.25, 0.3) is 5.91 Å². The number of likely N-dealkylation sites (tertiary alicyclic amines) is 1. The molecular weight excluding hydrogens is 438 g/mol. The molecule has 0 spiro atoms. The average Bonchev–Trinajstić information content (AvgIpc) is 2.84. The zero-order valence-electron chi connectivity index (χ0n) is 20.5. The van der Waals surface area contributed by atoms with Crippen LogP contribution in [0.4, 0.5) is 5.69 Å². The van der Waals surface area contributed by atoms with Crippen molar-refractivity contribution < 1.29 is 9.53 Å². The molecule has 0 aliphatic carbocycles. The molecule has 182 valence electrons. The fourth-order valence-corrected chi connectivity index (χ4v) is 4.52. The quantitative estimate of drug-likeness (QED) is 0.356. The molecular formula is C28H33N5O2. The number of nitrogens with two attached hydrogens (primary N) is 1. The summed E-state index contributed by atoms with van der Waals surface area (Å²) in [5, 5.41) is 11.9. The maximum Gasteiger partial charge on any atom is 0.251 e. The van der Waals surface area contributed by atoms with Gasteiger partial charge in [0.2, 0.25) is 5.88 Å². The van der Waals surface area contributed by atoms with E-state index in [1.807, 2.05) is 32.0 Å². The van der Waals surface area contributed by atoms with Gasteiger partial charge in [0, 0.05) is 53.1 Å². The van der Waals surface area contributed by atoms with Crippen LogP contribution in [-0.4, -0.2) is 53.8 Å². The maximum absolute atomic E-state index is 13.3. The second kappa shape index (κ2) is 10.7. The molecule has 0 bridgehead atoms. The second-order valence-corrected chi connectivity index (χ2v) is 9.38. The summed E-state index contributed by atoms with van der Waals surface area (Å²) < 4.78 is 5.59. The number of aromatic nitrogens is 1. The molecule has 4 N–H and O–H groups in total. The molecule has 1 amide bonds. The van der Waals surface area contributed by atoms with E-state index in [4.69, 9.17) is 15.9 Å². The predicted octanol–water partition coefficient (Wildman–Crippen LogP) is 4.08. The Hall–Kier alpha value is -3.71. The summed E-state index contributed by atoms with van der Waals surface area (Å²) in [7, 11) is 2.08. The van der Waals surface area contributed by atoms with Crippen molar-refractivity contribution in [3.8, 4) is 5.88 Å². The number of benzene rings is 2. The van der Waals surface area contributed by atoms with Gasteiger partial charge >= 0.3 is 0 Å². The third-order valence-electron chi connectivity index (χ3n) is 6.33. The highest BCUT2D eigenvalue weighted by Gasteiger charge is 2.30. The van der Waals surface area contributed by atoms with Gasteiger partial charge < -0.3 is 20.7 Å². The minimum atomic E-state index is -0.168. The van der Waals surface area contributed by atoms with Crippen molar-refractivity contribution in [2.45, 2.75) is 38.3 Å². The molecule has 1 aliphatic rings. The lowest BCUT2D eigenvalue weighted by atomic mass is 9.85. The van der Waals surface area contributed by atoms with Crippen LogP contribution in [0.5, 0.6) is 5.88 Å². The fraction of sp³-hybridized carbons (Fsp3) is 0.321. The van der Waals surface area contributed by atoms with E-state index in [1.165, 1.54) is 5.56 Å². The number of carbonyl (C=O) groups is 1. The highest BCUT2D eigenvalue weighted by Crippen LogP contribution is 2.28. The van der Waals surface area contributed by atoms with E-state index in [2.05, 4.69) is 34.4 Å². The Bertz CT molecular complexity index is 1180. The van der Waals surface area contributed by atoms with Crippen molar-refractivity contribution in [2.24, 2.45) is 0 Å². The monoisotopic (exact) mass is 471 g/mol. The van der Waals surface area contributed by atoms with Crippen molar-refractivity contribution in [3.05, 3.63) is 89.1 Å². The number of ether oxygens (including phenoxy) is 1. The van der Waals surface area contributed by atoms with Crippen LogP contribution in [0.25, 0.3) is 0 Å². The number of nitrogens with one attached hydrogen (secondary N) is 2. The van der Waals surface area contributed by atoms with Crippen molar-refractivity contribution >= 4 is 17.3 Å². The lowest BCUT2D eigenvalue weighted by molar-refractivity contribution is 0.0900. The van der Waals surface area contributed by atoms with Crippen LogP contribution in [0.3, 0.4) is 0 Å². The van der Waals surface area contributed by atoms with Gasteiger partial charge in [0.15, 0.2) is 0 Å². The van der Waals surface area contributed by atoms with Crippen LogP contribution in [0, 0.1) is 5.41 Å². The van der Waals surface area contributed by atoms with E-state index in [1.54, 1.807) is 36.5 Å². The maximum atomic E-state index is 13.3. The molecule has 0 radical (unpaired) electrons. The number of pyridine rings is 1. The number of rotatable bonds is 7. The first-order valence-electron chi connectivity index (χ1n) is 12.0. The number of nitrogen functional groups attached to an aromatic ring is 1. The highest BCUT2D eigenvalue weighted by molar-refractivity contribution is 6.14. The number of likely N-dealkylation sites (N-methyl/N-ethyl adjacent to an activating group) is 1. The Morgan fingerprint density at radius 2 is 1.89 bits per heavy atom. The minimum absolute atomic E-state index is 0.0122. The molecule has 1 saturated heterocycles. The topological polar surface area (TPSA) is 104 Å². The van der Waals surface area contributed by atoms with Crippen LogP contribution < -0.4 is 15.8 Å². The molecule has 0 saturated carbocycles. The van der Waals surface area contributed by atoms with Crippen molar-refractivity contribution in [3.63, 3.8) is 0 Å². The van der Waals surface area contributed by atoms with Crippen molar-refractivity contribution in [1.82, 2.24) is 15.2 Å². The molecule has 1 aliphatic heterocycles.